The number of rotatable bonds is 2. The smallest absolute Gasteiger partial charge is 0.324 e. The fourth-order valence-electron chi connectivity index (χ4n) is 2.32. The van der Waals surface area contributed by atoms with E-state index in [1.165, 1.54) is 11.3 Å². The molecule has 0 spiro atoms. The summed E-state index contributed by atoms with van der Waals surface area (Å²) in [5.41, 5.74) is 0. The Kier molecular flexibility index (Phi) is 4.34. The Morgan fingerprint density at radius 2 is 1.91 bits per heavy atom. The van der Waals surface area contributed by atoms with Crippen LogP contribution in [0, 0.1) is 0 Å². The van der Waals surface area contributed by atoms with Crippen molar-refractivity contribution in [1.82, 2.24) is 15.2 Å². The summed E-state index contributed by atoms with van der Waals surface area (Å²) in [4.78, 5) is 32.6. The largest absolute Gasteiger partial charge is 0.353 e. The zero-order valence-electron chi connectivity index (χ0n) is 11.9. The number of piperazine rings is 1. The van der Waals surface area contributed by atoms with E-state index >= 15 is 0 Å². The molecule has 1 N–H and O–H groups in total. The minimum Gasteiger partial charge on any atom is -0.353 e. The highest BCUT2D eigenvalue weighted by Gasteiger charge is 2.23. The van der Waals surface area contributed by atoms with E-state index in [0.29, 0.717) is 31.1 Å². The zero-order valence-corrected chi connectivity index (χ0v) is 12.8. The SMILES string of the molecule is O=C(NC(=O)N1CCN(c2ccccn2)CC1)c1cccs1. The van der Waals surface area contributed by atoms with Crippen molar-refractivity contribution in [3.63, 3.8) is 0 Å². The summed E-state index contributed by atoms with van der Waals surface area (Å²) in [6, 6.07) is 8.93. The number of nitrogens with zero attached hydrogens (tertiary/aromatic N) is 3. The van der Waals surface area contributed by atoms with Gasteiger partial charge in [0.2, 0.25) is 0 Å². The number of nitrogens with one attached hydrogen (secondary N) is 1. The Labute approximate surface area is 132 Å². The van der Waals surface area contributed by atoms with Crippen LogP contribution in [0.1, 0.15) is 9.67 Å². The van der Waals surface area contributed by atoms with Crippen LogP contribution >= 0.6 is 11.3 Å². The van der Waals surface area contributed by atoms with Crippen LogP contribution in [0.5, 0.6) is 0 Å². The van der Waals surface area contributed by atoms with Gasteiger partial charge in [-0.15, -0.1) is 11.3 Å². The second-order valence-electron chi connectivity index (χ2n) is 4.90. The number of imide groups is 1. The third-order valence-electron chi connectivity index (χ3n) is 3.51. The Morgan fingerprint density at radius 3 is 2.55 bits per heavy atom. The number of amides is 3. The van der Waals surface area contributed by atoms with E-state index in [1.54, 1.807) is 23.2 Å². The number of anilines is 1. The molecule has 1 aliphatic rings. The molecule has 0 unspecified atom stereocenters. The summed E-state index contributed by atoms with van der Waals surface area (Å²) in [5, 5.41) is 4.24. The first kappa shape index (κ1) is 14.5. The number of hydrogen-bond acceptors (Lipinski definition) is 5. The molecule has 2 aromatic heterocycles. The van der Waals surface area contributed by atoms with Gasteiger partial charge in [-0.25, -0.2) is 9.78 Å². The van der Waals surface area contributed by atoms with Crippen LogP contribution in [0.2, 0.25) is 0 Å². The van der Waals surface area contributed by atoms with E-state index in [-0.39, 0.29) is 11.9 Å². The maximum Gasteiger partial charge on any atom is 0.324 e. The lowest BCUT2D eigenvalue weighted by atomic mass is 10.3. The van der Waals surface area contributed by atoms with Crippen LogP contribution < -0.4 is 10.2 Å². The van der Waals surface area contributed by atoms with Gasteiger partial charge in [-0.2, -0.15) is 0 Å². The van der Waals surface area contributed by atoms with Crippen LogP contribution in [0.15, 0.2) is 41.9 Å². The number of pyridine rings is 1. The first-order chi connectivity index (χ1) is 10.7. The van der Waals surface area contributed by atoms with Crippen LogP contribution in [0.25, 0.3) is 0 Å². The average Bonchev–Trinajstić information content (AvgIpc) is 3.10. The monoisotopic (exact) mass is 316 g/mol. The Morgan fingerprint density at radius 1 is 1.09 bits per heavy atom. The molecule has 1 saturated heterocycles. The molecule has 0 saturated carbocycles. The van der Waals surface area contributed by atoms with Gasteiger partial charge in [0.15, 0.2) is 0 Å². The van der Waals surface area contributed by atoms with Crippen molar-refractivity contribution in [3.05, 3.63) is 46.8 Å². The van der Waals surface area contributed by atoms with E-state index < -0.39 is 0 Å². The van der Waals surface area contributed by atoms with Crippen molar-refractivity contribution in [2.45, 2.75) is 0 Å². The molecule has 22 heavy (non-hydrogen) atoms. The highest BCUT2D eigenvalue weighted by molar-refractivity contribution is 7.12. The first-order valence-corrected chi connectivity index (χ1v) is 7.92. The van der Waals surface area contributed by atoms with E-state index in [9.17, 15) is 9.59 Å². The summed E-state index contributed by atoms with van der Waals surface area (Å²) in [6.45, 7) is 2.55. The molecule has 0 radical (unpaired) electrons. The molecule has 1 aliphatic heterocycles. The van der Waals surface area contributed by atoms with Crippen molar-refractivity contribution in [1.29, 1.82) is 0 Å². The molecular weight excluding hydrogens is 300 g/mol. The number of carbonyl (C=O) groups is 2. The lowest BCUT2D eigenvalue weighted by Gasteiger charge is -2.35. The summed E-state index contributed by atoms with van der Waals surface area (Å²) in [7, 11) is 0. The molecule has 0 atom stereocenters. The van der Waals surface area contributed by atoms with Crippen molar-refractivity contribution in [2.75, 3.05) is 31.1 Å². The lowest BCUT2D eigenvalue weighted by Crippen LogP contribution is -2.53. The van der Waals surface area contributed by atoms with Crippen molar-refractivity contribution >= 4 is 29.1 Å². The molecule has 0 aliphatic carbocycles. The minimum absolute atomic E-state index is 0.334. The van der Waals surface area contributed by atoms with Gasteiger partial charge < -0.3 is 9.80 Å². The summed E-state index contributed by atoms with van der Waals surface area (Å²) >= 11 is 1.32. The third kappa shape index (κ3) is 3.25. The molecule has 1 fully saturated rings. The zero-order chi connectivity index (χ0) is 15.4. The van der Waals surface area contributed by atoms with Crippen LogP contribution in [-0.4, -0.2) is 48.0 Å². The number of thiophene rings is 1. The molecule has 3 amide bonds. The van der Waals surface area contributed by atoms with E-state index in [1.807, 2.05) is 23.6 Å². The molecular formula is C15H16N4O2S. The molecule has 6 nitrogen and oxygen atoms in total. The topological polar surface area (TPSA) is 65.5 Å². The van der Waals surface area contributed by atoms with Gasteiger partial charge in [-0.3, -0.25) is 10.1 Å². The molecule has 3 heterocycles. The fraction of sp³-hybridized carbons (Fsp3) is 0.267. The Balaban J connectivity index is 1.53. The molecule has 0 aromatic carbocycles. The van der Waals surface area contributed by atoms with Gasteiger partial charge in [-0.1, -0.05) is 12.1 Å². The molecule has 7 heteroatoms. The van der Waals surface area contributed by atoms with Gasteiger partial charge >= 0.3 is 6.03 Å². The molecule has 0 bridgehead atoms. The molecule has 114 valence electrons. The van der Waals surface area contributed by atoms with E-state index in [0.717, 1.165) is 5.82 Å². The Bertz CT molecular complexity index is 637. The predicted octanol–water partition coefficient (Wildman–Crippen LogP) is 1.82. The second kappa shape index (κ2) is 6.57. The summed E-state index contributed by atoms with van der Waals surface area (Å²) < 4.78 is 0. The maximum atomic E-state index is 12.1. The normalized spacial score (nSPS) is 14.7. The summed E-state index contributed by atoms with van der Waals surface area (Å²) in [5.74, 6) is 0.573. The van der Waals surface area contributed by atoms with Gasteiger partial charge in [0, 0.05) is 32.4 Å². The number of hydrogen-bond donors (Lipinski definition) is 1. The highest BCUT2D eigenvalue weighted by atomic mass is 32.1. The maximum absolute atomic E-state index is 12.1. The quantitative estimate of drug-likeness (QED) is 0.918. The van der Waals surface area contributed by atoms with Gasteiger partial charge in [0.25, 0.3) is 5.91 Å². The fourth-order valence-corrected chi connectivity index (χ4v) is 2.94. The number of aromatic nitrogens is 1. The highest BCUT2D eigenvalue weighted by Crippen LogP contribution is 2.13. The van der Waals surface area contributed by atoms with Gasteiger partial charge in [0.1, 0.15) is 5.82 Å². The molecule has 3 rings (SSSR count). The Hall–Kier alpha value is -2.41. The van der Waals surface area contributed by atoms with Crippen molar-refractivity contribution in [3.8, 4) is 0 Å². The first-order valence-electron chi connectivity index (χ1n) is 7.04. The number of urea groups is 1. The minimum atomic E-state index is -0.341. The van der Waals surface area contributed by atoms with E-state index in [4.69, 9.17) is 0 Å². The van der Waals surface area contributed by atoms with Crippen molar-refractivity contribution in [2.24, 2.45) is 0 Å². The predicted molar refractivity (Wildman–Crippen MR) is 85.2 cm³/mol. The van der Waals surface area contributed by atoms with Gasteiger partial charge in [-0.05, 0) is 23.6 Å². The van der Waals surface area contributed by atoms with Crippen molar-refractivity contribution < 1.29 is 9.59 Å². The summed E-state index contributed by atoms with van der Waals surface area (Å²) in [6.07, 6.45) is 1.76. The van der Waals surface area contributed by atoms with Crippen LogP contribution in [0.3, 0.4) is 0 Å². The number of carbonyl (C=O) groups excluding carboxylic acids is 2. The second-order valence-corrected chi connectivity index (χ2v) is 5.85. The van der Waals surface area contributed by atoms with E-state index in [2.05, 4.69) is 15.2 Å². The lowest BCUT2D eigenvalue weighted by molar-refractivity contribution is 0.0955. The van der Waals surface area contributed by atoms with Gasteiger partial charge in [0.05, 0.1) is 4.88 Å². The van der Waals surface area contributed by atoms with Crippen LogP contribution in [0.4, 0.5) is 10.6 Å². The third-order valence-corrected chi connectivity index (χ3v) is 4.37. The standard InChI is InChI=1S/C15H16N4O2S/c20-14(12-4-3-11-22-12)17-15(21)19-9-7-18(8-10-19)13-5-1-2-6-16-13/h1-6,11H,7-10H2,(H,17,20,21). The average molecular weight is 316 g/mol. The molecule has 2 aromatic rings. The van der Waals surface area contributed by atoms with Crippen LogP contribution in [-0.2, 0) is 0 Å².